The summed E-state index contributed by atoms with van der Waals surface area (Å²) in [6, 6.07) is 15.1. The number of benzene rings is 2. The van der Waals surface area contributed by atoms with Crippen LogP contribution in [0.25, 0.3) is 11.0 Å². The number of fused-ring (bicyclic) bond motifs is 1. The van der Waals surface area contributed by atoms with E-state index >= 15 is 0 Å². The Morgan fingerprint density at radius 2 is 1.81 bits per heavy atom. The van der Waals surface area contributed by atoms with E-state index in [0.717, 1.165) is 17.4 Å². The molecule has 4 nitrogen and oxygen atoms in total. The summed E-state index contributed by atoms with van der Waals surface area (Å²) in [6.07, 6.45) is 1.66. The third kappa shape index (κ3) is 2.56. The first kappa shape index (κ1) is 13.1. The predicted octanol–water partition coefficient (Wildman–Crippen LogP) is 3.08. The van der Waals surface area contributed by atoms with E-state index in [1.165, 1.54) is 0 Å². The largest absolute Gasteiger partial charge is 0.477 e. The fourth-order valence-corrected chi connectivity index (χ4v) is 2.27. The summed E-state index contributed by atoms with van der Waals surface area (Å²) < 4.78 is 5.21. The molecule has 3 aromatic rings. The second-order valence-corrected chi connectivity index (χ2v) is 4.78. The van der Waals surface area contributed by atoms with Crippen molar-refractivity contribution in [3.8, 4) is 0 Å². The summed E-state index contributed by atoms with van der Waals surface area (Å²) in [4.78, 5) is 23.1. The van der Waals surface area contributed by atoms with Gasteiger partial charge in [0.1, 0.15) is 17.4 Å². The highest BCUT2D eigenvalue weighted by molar-refractivity contribution is 5.91. The molecule has 21 heavy (non-hydrogen) atoms. The third-order valence-corrected chi connectivity index (χ3v) is 3.32. The van der Waals surface area contributed by atoms with Gasteiger partial charge in [-0.15, -0.1) is 0 Å². The molecule has 0 bridgehead atoms. The molecule has 0 fully saturated rings. The molecule has 0 aliphatic carbocycles. The van der Waals surface area contributed by atoms with Gasteiger partial charge in [0, 0.05) is 0 Å². The van der Waals surface area contributed by atoms with Gasteiger partial charge in [-0.25, -0.2) is 4.79 Å². The van der Waals surface area contributed by atoms with Crippen LogP contribution in [0.4, 0.5) is 0 Å². The van der Waals surface area contributed by atoms with E-state index in [2.05, 4.69) is 0 Å². The van der Waals surface area contributed by atoms with Crippen molar-refractivity contribution in [1.29, 1.82) is 0 Å². The van der Waals surface area contributed by atoms with Gasteiger partial charge in [-0.1, -0.05) is 36.4 Å². The molecule has 0 aliphatic heterocycles. The van der Waals surface area contributed by atoms with Crippen LogP contribution in [0.15, 0.2) is 64.0 Å². The van der Waals surface area contributed by atoms with Crippen molar-refractivity contribution in [1.82, 2.24) is 0 Å². The zero-order valence-corrected chi connectivity index (χ0v) is 11.1. The van der Waals surface area contributed by atoms with Crippen LogP contribution in [-0.2, 0) is 6.42 Å². The zero-order valence-electron chi connectivity index (χ0n) is 11.1. The van der Waals surface area contributed by atoms with Crippen LogP contribution in [0.1, 0.15) is 21.5 Å². The van der Waals surface area contributed by atoms with Crippen molar-refractivity contribution < 1.29 is 14.3 Å². The lowest BCUT2D eigenvalue weighted by molar-refractivity contribution is 0.0693. The Hall–Kier alpha value is -2.88. The number of aromatic carboxylic acids is 1. The van der Waals surface area contributed by atoms with Gasteiger partial charge in [-0.3, -0.25) is 4.79 Å². The van der Waals surface area contributed by atoms with E-state index in [-0.39, 0.29) is 5.56 Å². The summed E-state index contributed by atoms with van der Waals surface area (Å²) in [5, 5.41) is 9.26. The number of carboxylic acid groups (broad SMARTS) is 1. The average Bonchev–Trinajstić information content (AvgIpc) is 2.49. The topological polar surface area (TPSA) is 67.5 Å². The number of carboxylic acids is 1. The molecular weight excluding hydrogens is 268 g/mol. The fraction of sp³-hybridized carbons (Fsp3) is 0.0588. The molecule has 0 unspecified atom stereocenters. The van der Waals surface area contributed by atoms with E-state index in [4.69, 9.17) is 9.52 Å². The summed E-state index contributed by atoms with van der Waals surface area (Å²) in [6.45, 7) is 0. The van der Waals surface area contributed by atoms with Crippen LogP contribution in [0.5, 0.6) is 0 Å². The maximum Gasteiger partial charge on any atom is 0.342 e. The molecular formula is C17H12O4. The standard InChI is InChI=1S/C17H12O4/c18-16-13-9-12(8-11-4-2-1-3-5-11)6-7-15(13)21-10-14(16)17(19)20/h1-7,9-10H,8H2,(H,19,20). The third-order valence-electron chi connectivity index (χ3n) is 3.32. The number of rotatable bonds is 3. The highest BCUT2D eigenvalue weighted by atomic mass is 16.4. The minimum Gasteiger partial charge on any atom is -0.477 e. The molecule has 0 saturated heterocycles. The lowest BCUT2D eigenvalue weighted by Crippen LogP contribution is -2.14. The average molecular weight is 280 g/mol. The molecule has 0 atom stereocenters. The van der Waals surface area contributed by atoms with Gasteiger partial charge in [0.05, 0.1) is 5.39 Å². The van der Waals surface area contributed by atoms with Crippen LogP contribution in [0.3, 0.4) is 0 Å². The Balaban J connectivity index is 2.08. The van der Waals surface area contributed by atoms with Crippen LogP contribution in [0, 0.1) is 0 Å². The van der Waals surface area contributed by atoms with Gasteiger partial charge in [0.25, 0.3) is 0 Å². The normalized spacial score (nSPS) is 10.7. The van der Waals surface area contributed by atoms with E-state index in [1.54, 1.807) is 12.1 Å². The first-order valence-corrected chi connectivity index (χ1v) is 6.47. The molecule has 3 rings (SSSR count). The Kier molecular flexibility index (Phi) is 3.28. The molecule has 104 valence electrons. The monoisotopic (exact) mass is 280 g/mol. The molecule has 1 N–H and O–H groups in total. The molecule has 2 aromatic carbocycles. The van der Waals surface area contributed by atoms with Crippen molar-refractivity contribution in [3.63, 3.8) is 0 Å². The quantitative estimate of drug-likeness (QED) is 0.800. The van der Waals surface area contributed by atoms with E-state index in [0.29, 0.717) is 17.4 Å². The first-order chi connectivity index (χ1) is 10.1. The number of carbonyl (C=O) groups is 1. The van der Waals surface area contributed by atoms with Crippen molar-refractivity contribution in [2.24, 2.45) is 0 Å². The van der Waals surface area contributed by atoms with Crippen LogP contribution < -0.4 is 5.43 Å². The van der Waals surface area contributed by atoms with E-state index < -0.39 is 11.4 Å². The van der Waals surface area contributed by atoms with Crippen LogP contribution in [0.2, 0.25) is 0 Å². The minimum atomic E-state index is -1.28. The van der Waals surface area contributed by atoms with Crippen LogP contribution in [-0.4, -0.2) is 11.1 Å². The molecule has 0 saturated carbocycles. The SMILES string of the molecule is O=C(O)c1coc2ccc(Cc3ccccc3)cc2c1=O. The first-order valence-electron chi connectivity index (χ1n) is 6.47. The van der Waals surface area contributed by atoms with Crippen LogP contribution >= 0.6 is 0 Å². The maximum absolute atomic E-state index is 12.1. The Morgan fingerprint density at radius 1 is 1.05 bits per heavy atom. The lowest BCUT2D eigenvalue weighted by atomic mass is 10.0. The highest BCUT2D eigenvalue weighted by Crippen LogP contribution is 2.16. The molecule has 1 aromatic heterocycles. The Labute approximate surface area is 120 Å². The summed E-state index contributed by atoms with van der Waals surface area (Å²) in [7, 11) is 0. The second-order valence-electron chi connectivity index (χ2n) is 4.78. The zero-order chi connectivity index (χ0) is 14.8. The van der Waals surface area contributed by atoms with Gasteiger partial charge in [-0.2, -0.15) is 0 Å². The minimum absolute atomic E-state index is 0.295. The molecule has 0 radical (unpaired) electrons. The number of hydrogen-bond acceptors (Lipinski definition) is 3. The van der Waals surface area contributed by atoms with E-state index in [9.17, 15) is 9.59 Å². The van der Waals surface area contributed by atoms with Gasteiger partial charge < -0.3 is 9.52 Å². The second kappa shape index (κ2) is 5.25. The fourth-order valence-electron chi connectivity index (χ4n) is 2.27. The summed E-state index contributed by atoms with van der Waals surface area (Å²) >= 11 is 0. The van der Waals surface area contributed by atoms with Gasteiger partial charge in [0.15, 0.2) is 0 Å². The molecule has 4 heteroatoms. The van der Waals surface area contributed by atoms with Crippen molar-refractivity contribution in [3.05, 3.63) is 81.7 Å². The molecule has 0 aliphatic rings. The molecule has 0 spiro atoms. The Morgan fingerprint density at radius 3 is 2.52 bits per heavy atom. The smallest absolute Gasteiger partial charge is 0.342 e. The molecule has 0 amide bonds. The predicted molar refractivity (Wildman–Crippen MR) is 78.7 cm³/mol. The summed E-state index contributed by atoms with van der Waals surface area (Å²) in [5.41, 5.74) is 1.58. The highest BCUT2D eigenvalue weighted by Gasteiger charge is 2.13. The summed E-state index contributed by atoms with van der Waals surface area (Å²) in [5.74, 6) is -1.28. The molecule has 1 heterocycles. The van der Waals surface area contributed by atoms with Gasteiger partial charge in [-0.05, 0) is 29.7 Å². The van der Waals surface area contributed by atoms with Crippen molar-refractivity contribution >= 4 is 16.9 Å². The van der Waals surface area contributed by atoms with E-state index in [1.807, 2.05) is 36.4 Å². The van der Waals surface area contributed by atoms with Gasteiger partial charge in [0.2, 0.25) is 5.43 Å². The van der Waals surface area contributed by atoms with Crippen molar-refractivity contribution in [2.75, 3.05) is 0 Å². The lowest BCUT2D eigenvalue weighted by Gasteiger charge is -2.04. The number of hydrogen-bond donors (Lipinski definition) is 1. The van der Waals surface area contributed by atoms with Gasteiger partial charge >= 0.3 is 5.97 Å². The maximum atomic E-state index is 12.1. The van der Waals surface area contributed by atoms with Crippen molar-refractivity contribution in [2.45, 2.75) is 6.42 Å². The Bertz CT molecular complexity index is 863.